The van der Waals surface area contributed by atoms with Gasteiger partial charge in [0.05, 0.1) is 11.6 Å². The number of fused-ring (bicyclic) bond motifs is 6. The maximum atomic E-state index is 15.7. The van der Waals surface area contributed by atoms with Gasteiger partial charge in [0.25, 0.3) is 5.56 Å². The van der Waals surface area contributed by atoms with Crippen LogP contribution in [0.25, 0.3) is 11.1 Å². The molecule has 236 valence electrons. The van der Waals surface area contributed by atoms with Crippen molar-refractivity contribution >= 4 is 5.91 Å². The number of aliphatic hydroxyl groups is 2. The number of amides is 1. The van der Waals surface area contributed by atoms with E-state index in [9.17, 15) is 33.0 Å². The van der Waals surface area contributed by atoms with Crippen LogP contribution in [-0.4, -0.2) is 27.0 Å². The van der Waals surface area contributed by atoms with Crippen LogP contribution in [0.5, 0.6) is 11.5 Å². The van der Waals surface area contributed by atoms with Crippen molar-refractivity contribution in [1.82, 2.24) is 9.88 Å². The van der Waals surface area contributed by atoms with Crippen LogP contribution < -0.4 is 15.6 Å². The molecule has 0 unspecified atom stereocenters. The zero-order valence-electron chi connectivity index (χ0n) is 24.4. The number of benzene rings is 3. The Morgan fingerprint density at radius 2 is 1.71 bits per heavy atom. The first-order valence-corrected chi connectivity index (χ1v) is 14.1. The van der Waals surface area contributed by atoms with E-state index in [1.807, 2.05) is 0 Å². The van der Waals surface area contributed by atoms with Gasteiger partial charge in [-0.3, -0.25) is 14.2 Å². The number of hydrogen-bond acceptors (Lipinski definition) is 5. The topological polar surface area (TPSA) is 101 Å². The molecule has 0 spiro atoms. The first-order chi connectivity index (χ1) is 21.2. The molecule has 45 heavy (non-hydrogen) atoms. The van der Waals surface area contributed by atoms with Crippen LogP contribution in [-0.2, 0) is 17.4 Å². The molecule has 1 amide bonds. The smallest absolute Gasteiger partial charge is 0.416 e. The lowest BCUT2D eigenvalue weighted by Crippen LogP contribution is -2.42. The third-order valence-corrected chi connectivity index (χ3v) is 7.84. The zero-order chi connectivity index (χ0) is 32.8. The van der Waals surface area contributed by atoms with E-state index in [1.165, 1.54) is 26.0 Å². The SMILES string of the molecule is CCc1c(C(F)(F)F)ccn([C@@H]2C(=O)N[C@H](CC(O)O)c3cc(cc(C)c3F)-c3c(C)cccc3Oc3ccc(F)c2c3)c1=O. The van der Waals surface area contributed by atoms with Crippen LogP contribution in [0, 0.1) is 25.5 Å². The van der Waals surface area contributed by atoms with Crippen molar-refractivity contribution in [2.75, 3.05) is 0 Å². The Balaban J connectivity index is 1.83. The van der Waals surface area contributed by atoms with E-state index in [0.717, 1.165) is 23.9 Å². The quantitative estimate of drug-likeness (QED) is 0.184. The van der Waals surface area contributed by atoms with Crippen molar-refractivity contribution < 1.29 is 41.7 Å². The van der Waals surface area contributed by atoms with Gasteiger partial charge in [0.1, 0.15) is 29.2 Å². The normalized spacial score (nSPS) is 16.6. The number of hydrogen-bond donors (Lipinski definition) is 3. The van der Waals surface area contributed by atoms with Crippen LogP contribution >= 0.6 is 0 Å². The monoisotopic (exact) mass is 628 g/mol. The second-order valence-electron chi connectivity index (χ2n) is 10.9. The van der Waals surface area contributed by atoms with E-state index < -0.39 is 70.8 Å². The molecule has 12 heteroatoms. The Hall–Kier alpha value is -4.55. The standard InChI is InChI=1S/C33H29F5N2O5/c1-4-20-23(33(36,37)38)10-11-40(32(20)44)30-21-14-19(8-9-24(21)34)45-26-7-5-6-16(2)28(26)18-12-17(3)29(35)22(13-18)25(15-27(41)42)39-31(30)43/h5-14,25,27,30,41-42H,4,15H2,1-3H3,(H,39,43)/t25-,30+/m1/s1. The number of nitrogens with zero attached hydrogens (tertiary/aromatic N) is 1. The molecule has 0 aliphatic carbocycles. The third kappa shape index (κ3) is 6.07. The Morgan fingerprint density at radius 3 is 2.38 bits per heavy atom. The molecule has 5 rings (SSSR count). The molecule has 1 aliphatic heterocycles. The van der Waals surface area contributed by atoms with Crippen molar-refractivity contribution in [1.29, 1.82) is 0 Å². The number of ether oxygens (including phenoxy) is 1. The zero-order valence-corrected chi connectivity index (χ0v) is 24.4. The van der Waals surface area contributed by atoms with E-state index in [2.05, 4.69) is 5.32 Å². The van der Waals surface area contributed by atoms with Gasteiger partial charge in [0.2, 0.25) is 5.91 Å². The van der Waals surface area contributed by atoms with Crippen molar-refractivity contribution in [2.45, 2.75) is 58.2 Å². The van der Waals surface area contributed by atoms with Crippen LogP contribution in [0.15, 0.2) is 65.6 Å². The maximum absolute atomic E-state index is 15.7. The number of carbonyl (C=O) groups is 1. The Labute approximate surface area is 254 Å². The van der Waals surface area contributed by atoms with Gasteiger partial charge in [-0.05, 0) is 79.4 Å². The summed E-state index contributed by atoms with van der Waals surface area (Å²) in [5.74, 6) is -2.52. The first kappa shape index (κ1) is 31.9. The minimum absolute atomic E-state index is 0.0485. The summed E-state index contributed by atoms with van der Waals surface area (Å²) in [6.45, 7) is 4.62. The van der Waals surface area contributed by atoms with Crippen molar-refractivity contribution in [3.63, 3.8) is 0 Å². The van der Waals surface area contributed by atoms with E-state index in [0.29, 0.717) is 27.5 Å². The number of aryl methyl sites for hydroxylation is 2. The number of alkyl halides is 3. The average Bonchev–Trinajstić information content (AvgIpc) is 2.96. The predicted octanol–water partition coefficient (Wildman–Crippen LogP) is 6.24. The minimum atomic E-state index is -4.87. The summed E-state index contributed by atoms with van der Waals surface area (Å²) in [5.41, 5.74) is -1.68. The number of aliphatic hydroxyl groups excluding tert-OH is 1. The number of carbonyl (C=O) groups excluding carboxylic acids is 1. The molecule has 4 bridgehead atoms. The molecule has 3 aromatic carbocycles. The van der Waals surface area contributed by atoms with Crippen molar-refractivity contribution in [3.05, 3.63) is 116 Å². The highest BCUT2D eigenvalue weighted by Gasteiger charge is 2.37. The summed E-state index contributed by atoms with van der Waals surface area (Å²) in [7, 11) is 0. The van der Waals surface area contributed by atoms with E-state index in [1.54, 1.807) is 31.2 Å². The molecular weight excluding hydrogens is 599 g/mol. The Morgan fingerprint density at radius 1 is 0.978 bits per heavy atom. The summed E-state index contributed by atoms with van der Waals surface area (Å²) in [4.78, 5) is 27.6. The van der Waals surface area contributed by atoms with Crippen LogP contribution in [0.4, 0.5) is 22.0 Å². The molecule has 0 saturated carbocycles. The van der Waals surface area contributed by atoms with Gasteiger partial charge in [-0.15, -0.1) is 0 Å². The van der Waals surface area contributed by atoms with Crippen molar-refractivity contribution in [2.24, 2.45) is 0 Å². The average molecular weight is 629 g/mol. The molecule has 2 atom stereocenters. The number of nitrogens with one attached hydrogen (secondary N) is 1. The third-order valence-electron chi connectivity index (χ3n) is 7.84. The first-order valence-electron chi connectivity index (χ1n) is 14.1. The fourth-order valence-corrected chi connectivity index (χ4v) is 5.76. The number of rotatable bonds is 4. The van der Waals surface area contributed by atoms with Gasteiger partial charge in [-0.1, -0.05) is 19.1 Å². The Bertz CT molecular complexity index is 1850. The van der Waals surface area contributed by atoms with Crippen molar-refractivity contribution in [3.8, 4) is 22.6 Å². The number of aromatic nitrogens is 1. The second kappa shape index (κ2) is 12.1. The maximum Gasteiger partial charge on any atom is 0.416 e. The molecule has 3 N–H and O–H groups in total. The summed E-state index contributed by atoms with van der Waals surface area (Å²) >= 11 is 0. The highest BCUT2D eigenvalue weighted by molar-refractivity contribution is 5.85. The lowest BCUT2D eigenvalue weighted by Gasteiger charge is -2.27. The van der Waals surface area contributed by atoms with Gasteiger partial charge >= 0.3 is 6.18 Å². The molecule has 0 fully saturated rings. The minimum Gasteiger partial charge on any atom is -0.457 e. The van der Waals surface area contributed by atoms with Gasteiger partial charge < -0.3 is 20.3 Å². The van der Waals surface area contributed by atoms with Gasteiger partial charge in [-0.2, -0.15) is 13.2 Å². The van der Waals surface area contributed by atoms with E-state index >= 15 is 8.78 Å². The molecule has 4 aromatic rings. The van der Waals surface area contributed by atoms with Crippen LogP contribution in [0.3, 0.4) is 0 Å². The lowest BCUT2D eigenvalue weighted by atomic mass is 9.92. The highest BCUT2D eigenvalue weighted by atomic mass is 19.4. The van der Waals surface area contributed by atoms with Crippen LogP contribution in [0.1, 0.15) is 58.8 Å². The fourth-order valence-electron chi connectivity index (χ4n) is 5.76. The summed E-state index contributed by atoms with van der Waals surface area (Å²) in [5, 5.41) is 22.3. The molecule has 2 heterocycles. The molecule has 0 saturated heterocycles. The van der Waals surface area contributed by atoms with Gasteiger partial charge in [0.15, 0.2) is 6.29 Å². The van der Waals surface area contributed by atoms with Gasteiger partial charge in [-0.25, -0.2) is 8.78 Å². The lowest BCUT2D eigenvalue weighted by molar-refractivity contribution is -0.138. The fraction of sp³-hybridized carbons (Fsp3) is 0.273. The highest BCUT2D eigenvalue weighted by Crippen LogP contribution is 2.40. The van der Waals surface area contributed by atoms with E-state index in [-0.39, 0.29) is 23.3 Å². The molecule has 1 aliphatic rings. The number of halogens is 5. The second-order valence-corrected chi connectivity index (χ2v) is 10.9. The molecule has 1 aromatic heterocycles. The molecular formula is C33H29F5N2O5. The Kier molecular flexibility index (Phi) is 8.56. The summed E-state index contributed by atoms with van der Waals surface area (Å²) in [6, 6.07) is 8.88. The summed E-state index contributed by atoms with van der Waals surface area (Å²) < 4.78 is 79.4. The largest absolute Gasteiger partial charge is 0.457 e. The summed E-state index contributed by atoms with van der Waals surface area (Å²) in [6.07, 6.45) is -7.12. The molecule has 7 nitrogen and oxygen atoms in total. The van der Waals surface area contributed by atoms with E-state index in [4.69, 9.17) is 4.74 Å². The molecule has 0 radical (unpaired) electrons. The predicted molar refractivity (Wildman–Crippen MR) is 155 cm³/mol. The van der Waals surface area contributed by atoms with Gasteiger partial charge in [0, 0.05) is 34.9 Å². The van der Waals surface area contributed by atoms with Crippen LogP contribution in [0.2, 0.25) is 0 Å². The number of pyridine rings is 1.